The zero-order valence-electron chi connectivity index (χ0n) is 11.6. The molecule has 2 rings (SSSR count). The summed E-state index contributed by atoms with van der Waals surface area (Å²) in [6, 6.07) is 0. The number of hydrogen-bond donors (Lipinski definition) is 2. The minimum atomic E-state index is -0.847. The molecule has 0 aromatic heterocycles. The molecule has 0 unspecified atom stereocenters. The quantitative estimate of drug-likeness (QED) is 0.756. The number of carboxylic acids is 1. The van der Waals surface area contributed by atoms with Gasteiger partial charge in [-0.2, -0.15) is 0 Å². The lowest BCUT2D eigenvalue weighted by molar-refractivity contribution is -0.132. The SMILES string of the molecule is C/C(=C\CC[C@]1(C)[C@H]2CC[C@@H](C2)[C@@]1(C)O)C(=O)O. The van der Waals surface area contributed by atoms with Crippen LogP contribution in [0.4, 0.5) is 0 Å². The summed E-state index contributed by atoms with van der Waals surface area (Å²) in [6.45, 7) is 5.79. The van der Waals surface area contributed by atoms with Gasteiger partial charge in [-0.3, -0.25) is 0 Å². The molecule has 0 saturated heterocycles. The molecule has 2 aliphatic carbocycles. The van der Waals surface area contributed by atoms with E-state index in [0.29, 0.717) is 17.4 Å². The number of aliphatic hydroxyl groups is 1. The van der Waals surface area contributed by atoms with Gasteiger partial charge in [-0.25, -0.2) is 4.79 Å². The first kappa shape index (κ1) is 13.6. The van der Waals surface area contributed by atoms with E-state index in [9.17, 15) is 9.90 Å². The van der Waals surface area contributed by atoms with E-state index in [0.717, 1.165) is 25.7 Å². The second-order valence-electron chi connectivity index (χ2n) is 6.50. The van der Waals surface area contributed by atoms with Gasteiger partial charge in [0.05, 0.1) is 5.60 Å². The van der Waals surface area contributed by atoms with E-state index in [2.05, 4.69) is 6.92 Å². The highest BCUT2D eigenvalue weighted by atomic mass is 16.4. The van der Waals surface area contributed by atoms with Crippen LogP contribution < -0.4 is 0 Å². The fourth-order valence-electron chi connectivity index (χ4n) is 4.08. The second kappa shape index (κ2) is 4.37. The Labute approximate surface area is 109 Å². The van der Waals surface area contributed by atoms with Gasteiger partial charge in [0.2, 0.25) is 0 Å². The summed E-state index contributed by atoms with van der Waals surface area (Å²) in [5.74, 6) is 0.202. The Morgan fingerprint density at radius 2 is 1.94 bits per heavy atom. The monoisotopic (exact) mass is 252 g/mol. The lowest BCUT2D eigenvalue weighted by Gasteiger charge is -2.46. The number of carboxylic acid groups (broad SMARTS) is 1. The number of hydrogen-bond acceptors (Lipinski definition) is 2. The predicted octanol–water partition coefficient (Wildman–Crippen LogP) is 2.98. The molecule has 0 aromatic rings. The number of fused-ring (bicyclic) bond motifs is 2. The van der Waals surface area contributed by atoms with Crippen molar-refractivity contribution in [3.8, 4) is 0 Å². The maximum absolute atomic E-state index is 10.7. The first-order valence-electron chi connectivity index (χ1n) is 6.91. The van der Waals surface area contributed by atoms with Gasteiger partial charge >= 0.3 is 5.97 Å². The molecule has 3 heteroatoms. The Bertz CT molecular complexity index is 383. The minimum Gasteiger partial charge on any atom is -0.478 e. The van der Waals surface area contributed by atoms with Crippen molar-refractivity contribution in [1.82, 2.24) is 0 Å². The van der Waals surface area contributed by atoms with Crippen LogP contribution in [0.2, 0.25) is 0 Å². The number of rotatable bonds is 4. The van der Waals surface area contributed by atoms with Crippen LogP contribution in [0.1, 0.15) is 52.9 Å². The molecule has 18 heavy (non-hydrogen) atoms. The average molecular weight is 252 g/mol. The third-order valence-corrected chi connectivity index (χ3v) is 5.74. The summed E-state index contributed by atoms with van der Waals surface area (Å²) in [5.41, 5.74) is -0.229. The van der Waals surface area contributed by atoms with Crippen LogP contribution in [-0.4, -0.2) is 21.8 Å². The molecule has 0 heterocycles. The zero-order chi connectivity index (χ0) is 13.6. The summed E-state index contributed by atoms with van der Waals surface area (Å²) in [5, 5.41) is 19.6. The largest absolute Gasteiger partial charge is 0.478 e. The summed E-state index contributed by atoms with van der Waals surface area (Å²) in [4.78, 5) is 10.7. The zero-order valence-corrected chi connectivity index (χ0v) is 11.6. The Morgan fingerprint density at radius 1 is 1.33 bits per heavy atom. The Hall–Kier alpha value is -0.830. The van der Waals surface area contributed by atoms with Gasteiger partial charge < -0.3 is 10.2 Å². The van der Waals surface area contributed by atoms with Gasteiger partial charge in [0.15, 0.2) is 0 Å². The Morgan fingerprint density at radius 3 is 2.44 bits per heavy atom. The van der Waals surface area contributed by atoms with E-state index >= 15 is 0 Å². The van der Waals surface area contributed by atoms with Crippen molar-refractivity contribution in [2.24, 2.45) is 17.3 Å². The van der Waals surface area contributed by atoms with Gasteiger partial charge in [-0.1, -0.05) is 13.0 Å². The topological polar surface area (TPSA) is 57.5 Å². The lowest BCUT2D eigenvalue weighted by Crippen LogP contribution is -2.48. The first-order valence-corrected chi connectivity index (χ1v) is 6.91. The van der Waals surface area contributed by atoms with Crippen molar-refractivity contribution >= 4 is 5.97 Å². The van der Waals surface area contributed by atoms with Crippen LogP contribution in [0.15, 0.2) is 11.6 Å². The van der Waals surface area contributed by atoms with E-state index in [4.69, 9.17) is 5.11 Å². The van der Waals surface area contributed by atoms with Crippen molar-refractivity contribution in [2.45, 2.75) is 58.5 Å². The standard InChI is InChI=1S/C15H24O3/c1-10(13(16)17)5-4-8-14(2)11-6-7-12(9-11)15(14,3)18/h5,11-12,18H,4,6-9H2,1-3H3,(H,16,17)/b10-5+/t11-,12-,14+,15+/m0/s1. The third kappa shape index (κ3) is 1.89. The van der Waals surface area contributed by atoms with Crippen molar-refractivity contribution in [3.05, 3.63) is 11.6 Å². The lowest BCUT2D eigenvalue weighted by atomic mass is 9.63. The van der Waals surface area contributed by atoms with Crippen molar-refractivity contribution in [2.75, 3.05) is 0 Å². The molecular weight excluding hydrogens is 228 g/mol. The molecule has 2 fully saturated rings. The van der Waals surface area contributed by atoms with Crippen LogP contribution in [0.3, 0.4) is 0 Å². The second-order valence-corrected chi connectivity index (χ2v) is 6.50. The molecule has 2 N–H and O–H groups in total. The number of aliphatic carboxylic acids is 1. The summed E-state index contributed by atoms with van der Waals surface area (Å²) in [7, 11) is 0. The van der Waals surface area contributed by atoms with Crippen LogP contribution in [0.25, 0.3) is 0 Å². The van der Waals surface area contributed by atoms with E-state index in [-0.39, 0.29) is 5.41 Å². The molecule has 0 aromatic carbocycles. The fourth-order valence-corrected chi connectivity index (χ4v) is 4.08. The molecule has 102 valence electrons. The molecule has 2 saturated carbocycles. The number of allylic oxidation sites excluding steroid dienone is 1. The highest BCUT2D eigenvalue weighted by Gasteiger charge is 2.61. The van der Waals surface area contributed by atoms with Crippen LogP contribution >= 0.6 is 0 Å². The van der Waals surface area contributed by atoms with Gasteiger partial charge in [0.25, 0.3) is 0 Å². The fraction of sp³-hybridized carbons (Fsp3) is 0.800. The van der Waals surface area contributed by atoms with E-state index < -0.39 is 11.6 Å². The molecule has 2 bridgehead atoms. The normalized spacial score (nSPS) is 43.4. The van der Waals surface area contributed by atoms with Crippen molar-refractivity contribution in [1.29, 1.82) is 0 Å². The van der Waals surface area contributed by atoms with Gasteiger partial charge in [0, 0.05) is 5.57 Å². The van der Waals surface area contributed by atoms with Gasteiger partial charge in [-0.15, -0.1) is 0 Å². The summed E-state index contributed by atoms with van der Waals surface area (Å²) >= 11 is 0. The maximum Gasteiger partial charge on any atom is 0.330 e. The van der Waals surface area contributed by atoms with E-state index in [1.165, 1.54) is 6.42 Å². The van der Waals surface area contributed by atoms with Gasteiger partial charge in [-0.05, 0) is 63.2 Å². The van der Waals surface area contributed by atoms with Crippen molar-refractivity contribution < 1.29 is 15.0 Å². The highest BCUT2D eigenvalue weighted by molar-refractivity contribution is 5.85. The predicted molar refractivity (Wildman–Crippen MR) is 70.2 cm³/mol. The molecular formula is C15H24O3. The maximum atomic E-state index is 10.7. The third-order valence-electron chi connectivity index (χ3n) is 5.74. The molecule has 0 amide bonds. The Kier molecular flexibility index (Phi) is 3.30. The van der Waals surface area contributed by atoms with Crippen LogP contribution in [0, 0.1) is 17.3 Å². The average Bonchev–Trinajstić information content (AvgIpc) is 2.82. The smallest absolute Gasteiger partial charge is 0.330 e. The van der Waals surface area contributed by atoms with Crippen LogP contribution in [-0.2, 0) is 4.79 Å². The summed E-state index contributed by atoms with van der Waals surface area (Å²) < 4.78 is 0. The summed E-state index contributed by atoms with van der Waals surface area (Å²) in [6.07, 6.45) is 6.93. The van der Waals surface area contributed by atoms with Crippen LogP contribution in [0.5, 0.6) is 0 Å². The van der Waals surface area contributed by atoms with E-state index in [1.807, 2.05) is 6.92 Å². The molecule has 4 atom stereocenters. The van der Waals surface area contributed by atoms with E-state index in [1.54, 1.807) is 13.0 Å². The Balaban J connectivity index is 2.04. The highest BCUT2D eigenvalue weighted by Crippen LogP contribution is 2.63. The molecule has 0 spiro atoms. The molecule has 2 aliphatic rings. The van der Waals surface area contributed by atoms with Crippen molar-refractivity contribution in [3.63, 3.8) is 0 Å². The number of carbonyl (C=O) groups is 1. The minimum absolute atomic E-state index is 0.0504. The molecule has 0 radical (unpaired) electrons. The van der Waals surface area contributed by atoms with Gasteiger partial charge in [0.1, 0.15) is 0 Å². The first-order chi connectivity index (χ1) is 8.29. The molecule has 0 aliphatic heterocycles. The molecule has 3 nitrogen and oxygen atoms in total.